The molecule has 1 aromatic heterocycles. The van der Waals surface area contributed by atoms with Gasteiger partial charge in [0, 0.05) is 41.3 Å². The van der Waals surface area contributed by atoms with Crippen molar-refractivity contribution in [3.8, 4) is 11.8 Å². The molecule has 23 unspecified atom stereocenters. The first-order valence-electron chi connectivity index (χ1n) is 28.0. The van der Waals surface area contributed by atoms with Crippen LogP contribution in [0.15, 0.2) is 40.7 Å². The van der Waals surface area contributed by atoms with Gasteiger partial charge in [-0.15, -0.1) is 0 Å². The fraction of sp³-hybridized carbons (Fsp3) is 0.776. The molecule has 378 valence electrons. The smallest absolute Gasteiger partial charge is 0.339 e. The highest BCUT2D eigenvalue weighted by molar-refractivity contribution is 5.94. The molecule has 15 aliphatic rings. The Morgan fingerprint density at radius 2 is 1.90 bits per heavy atom. The second-order valence-electron chi connectivity index (χ2n) is 26.6. The Morgan fingerprint density at radius 1 is 1.03 bits per heavy atom. The maximum atomic E-state index is 16.5. The van der Waals surface area contributed by atoms with Gasteiger partial charge in [0.05, 0.1) is 54.9 Å². The van der Waals surface area contributed by atoms with Crippen LogP contribution in [0.3, 0.4) is 0 Å². The molecule has 16 rings (SSSR count). The topological polar surface area (TPSA) is 181 Å². The van der Waals surface area contributed by atoms with Crippen LogP contribution in [0.4, 0.5) is 0 Å². The van der Waals surface area contributed by atoms with E-state index in [9.17, 15) is 15.3 Å². The molecule has 8 heterocycles. The highest BCUT2D eigenvalue weighted by Crippen LogP contribution is 2.90. The maximum absolute atomic E-state index is 16.5. The zero-order chi connectivity index (χ0) is 48.0. The average molecular weight is 971 g/mol. The predicted molar refractivity (Wildman–Crippen MR) is 252 cm³/mol. The molecule has 13 nitrogen and oxygen atoms in total. The zero-order valence-electron chi connectivity index (χ0n) is 41.2. The van der Waals surface area contributed by atoms with Gasteiger partial charge in [-0.1, -0.05) is 50.2 Å². The standard InChI is InChI=1S/C58H70N2O11/c1-51-18-13-35-22-34-9-6-16-53(34)25-33-24-52(2)55(39-15-20-67-42(39)23-37(41(62)27-61)31-11-12-36-32(21-31)14-19-60-29-59-26-40(36)60)17-5-8-30-7-3-4-10-38(30)56(58(52)48(69-58)50(66)70-55)44(33)54(45(51)43(63)47(56)64)28-68-49(65)46(53)57(35,54)71-51/h13-15,19-20,30-34,36-38,40-41,44-48,59,61-62,64H,3-4,6-7,9-12,16-18,21-29H2,1-2H3. The van der Waals surface area contributed by atoms with E-state index < -0.39 is 86.1 Å². The number of furan rings is 1. The molecule has 0 aromatic carbocycles. The second-order valence-corrected chi connectivity index (χ2v) is 26.6. The van der Waals surface area contributed by atoms with Crippen LogP contribution < -0.4 is 5.32 Å². The van der Waals surface area contributed by atoms with E-state index in [-0.39, 0.29) is 66.9 Å². The van der Waals surface area contributed by atoms with Crippen molar-refractivity contribution in [1.82, 2.24) is 10.2 Å². The summed E-state index contributed by atoms with van der Waals surface area (Å²) in [6.07, 6.45) is 17.3. The fourth-order valence-corrected chi connectivity index (χ4v) is 23.1. The van der Waals surface area contributed by atoms with Gasteiger partial charge < -0.3 is 43.6 Å². The Hall–Kier alpha value is -3.51. The van der Waals surface area contributed by atoms with Gasteiger partial charge in [-0.05, 0) is 148 Å². The highest BCUT2D eigenvalue weighted by Gasteiger charge is 2.99. The molecule has 23 atom stereocenters. The van der Waals surface area contributed by atoms with E-state index in [1.54, 1.807) is 6.26 Å². The summed E-state index contributed by atoms with van der Waals surface area (Å²) in [7, 11) is 0. The number of nitrogens with zero attached hydrogens (tertiary/aromatic N) is 1. The molecule has 8 aliphatic carbocycles. The molecule has 7 saturated carbocycles. The molecule has 12 fully saturated rings. The molecule has 4 N–H and O–H groups in total. The number of esters is 2. The second kappa shape index (κ2) is 13.9. The minimum absolute atomic E-state index is 0.0347. The first kappa shape index (κ1) is 43.8. The number of epoxide rings is 1. The third-order valence-corrected chi connectivity index (χ3v) is 24.9. The van der Waals surface area contributed by atoms with Gasteiger partial charge in [0.25, 0.3) is 0 Å². The van der Waals surface area contributed by atoms with Crippen molar-refractivity contribution in [2.75, 3.05) is 26.4 Å². The van der Waals surface area contributed by atoms with Crippen LogP contribution in [0.5, 0.6) is 0 Å². The molecular formula is C58H70N2O11. The molecule has 71 heavy (non-hydrogen) atoms. The van der Waals surface area contributed by atoms with E-state index in [1.165, 1.54) is 0 Å². The third-order valence-electron chi connectivity index (χ3n) is 24.9. The number of hydrogen-bond acceptors (Lipinski definition) is 13. The average Bonchev–Trinajstić information content (AvgIpc) is 3.68. The van der Waals surface area contributed by atoms with Gasteiger partial charge in [-0.25, -0.2) is 4.79 Å². The summed E-state index contributed by atoms with van der Waals surface area (Å²) in [5, 5.41) is 40.3. The largest absolute Gasteiger partial charge is 0.469 e. The number of fused-ring (bicyclic) bond motifs is 6. The summed E-state index contributed by atoms with van der Waals surface area (Å²) in [5.41, 5.74) is -6.83. The Balaban J connectivity index is 0.909. The lowest BCUT2D eigenvalue weighted by Crippen LogP contribution is -2.83. The number of aliphatic hydroxyl groups excluding tert-OH is 3. The molecule has 0 amide bonds. The van der Waals surface area contributed by atoms with Crippen molar-refractivity contribution in [3.05, 3.63) is 47.6 Å². The van der Waals surface area contributed by atoms with E-state index in [4.69, 9.17) is 23.4 Å². The van der Waals surface area contributed by atoms with Crippen molar-refractivity contribution in [2.24, 2.45) is 86.8 Å². The lowest BCUT2D eigenvalue weighted by molar-refractivity contribution is -0.314. The Bertz CT molecular complexity index is 2710. The van der Waals surface area contributed by atoms with Gasteiger partial charge in [-0.2, -0.15) is 0 Å². The Morgan fingerprint density at radius 3 is 2.77 bits per heavy atom. The first-order chi connectivity index (χ1) is 34.3. The fourth-order valence-electron chi connectivity index (χ4n) is 23.1. The number of hydrogen-bond donors (Lipinski definition) is 4. The number of allylic oxidation sites excluding steroid dienone is 1. The maximum Gasteiger partial charge on any atom is 0.339 e. The molecule has 9 bridgehead atoms. The SMILES string of the molecule is CC12CC=C3CC4CCCC45CC4CC6(C)C7(c8ccoc8CC(C(O)CO)C8CCC9C(C=CN%10CNCC9%10)C8)CC#CC8CCCCC8C8(C(O)C(=O)C1C1(COC(=O)C5C31O2)C48)C61OC1C(=O)O7. The number of rotatable bonds is 6. The number of aliphatic hydroxyl groups is 3. The van der Waals surface area contributed by atoms with Crippen molar-refractivity contribution in [3.63, 3.8) is 0 Å². The lowest BCUT2D eigenvalue weighted by atomic mass is 9.28. The summed E-state index contributed by atoms with van der Waals surface area (Å²) >= 11 is 0. The van der Waals surface area contributed by atoms with Crippen LogP contribution in [0.2, 0.25) is 0 Å². The number of ether oxygens (including phenoxy) is 4. The van der Waals surface area contributed by atoms with Crippen molar-refractivity contribution < 1.29 is 53.1 Å². The lowest BCUT2D eigenvalue weighted by Gasteiger charge is -2.74. The summed E-state index contributed by atoms with van der Waals surface area (Å²) in [4.78, 5) is 49.5. The normalized spacial score (nSPS) is 55.4. The highest BCUT2D eigenvalue weighted by atomic mass is 16.7. The molecular weight excluding hydrogens is 901 g/mol. The van der Waals surface area contributed by atoms with Crippen LogP contribution in [0.25, 0.3) is 0 Å². The number of carbonyl (C=O) groups is 3. The number of ketones is 1. The van der Waals surface area contributed by atoms with Gasteiger partial charge in [-0.3, -0.25) is 14.9 Å². The molecule has 7 aliphatic heterocycles. The summed E-state index contributed by atoms with van der Waals surface area (Å²) in [6, 6.07) is 2.41. The van der Waals surface area contributed by atoms with Crippen LogP contribution >= 0.6 is 0 Å². The zero-order valence-corrected chi connectivity index (χ0v) is 41.2. The van der Waals surface area contributed by atoms with Crippen molar-refractivity contribution in [1.29, 1.82) is 0 Å². The van der Waals surface area contributed by atoms with Crippen LogP contribution in [0.1, 0.15) is 121 Å². The van der Waals surface area contributed by atoms with Gasteiger partial charge >= 0.3 is 11.9 Å². The number of nitrogens with one attached hydrogen (secondary N) is 1. The molecule has 1 aromatic rings. The van der Waals surface area contributed by atoms with E-state index >= 15 is 14.4 Å². The minimum atomic E-state index is -1.50. The monoisotopic (exact) mass is 970 g/mol. The van der Waals surface area contributed by atoms with Crippen molar-refractivity contribution in [2.45, 2.75) is 163 Å². The summed E-state index contributed by atoms with van der Waals surface area (Å²) in [5.74, 6) is 5.69. The Kier molecular flexibility index (Phi) is 8.55. The number of cyclic esters (lactones) is 1. The molecule has 0 radical (unpaired) electrons. The van der Waals surface area contributed by atoms with Gasteiger partial charge in [0.2, 0.25) is 0 Å². The van der Waals surface area contributed by atoms with Gasteiger partial charge in [0.15, 0.2) is 17.5 Å². The predicted octanol–water partition coefficient (Wildman–Crippen LogP) is 5.49. The van der Waals surface area contributed by atoms with E-state index in [0.29, 0.717) is 48.5 Å². The van der Waals surface area contributed by atoms with Gasteiger partial charge in [0.1, 0.15) is 29.7 Å². The third kappa shape index (κ3) is 4.59. The molecule has 5 saturated heterocycles. The number of carbonyl (C=O) groups excluding carboxylic acids is 3. The van der Waals surface area contributed by atoms with Crippen molar-refractivity contribution >= 4 is 17.7 Å². The minimum Gasteiger partial charge on any atom is -0.469 e. The molecule has 5 spiro atoms. The Labute approximate surface area is 415 Å². The summed E-state index contributed by atoms with van der Waals surface area (Å²) in [6.45, 7) is 5.79. The van der Waals surface area contributed by atoms with Crippen LogP contribution in [0, 0.1) is 98.6 Å². The molecule has 13 heteroatoms. The van der Waals surface area contributed by atoms with E-state index in [0.717, 1.165) is 95.8 Å². The number of Topliss-reactive ketones (excluding diaryl/α,β-unsaturated/α-hetero) is 1. The quantitative estimate of drug-likeness (QED) is 0.122. The van der Waals surface area contributed by atoms with Crippen LogP contribution in [-0.4, -0.2) is 106 Å². The van der Waals surface area contributed by atoms with E-state index in [2.05, 4.69) is 54.3 Å². The first-order valence-corrected chi connectivity index (χ1v) is 28.0. The van der Waals surface area contributed by atoms with Crippen LogP contribution in [-0.2, 0) is 45.4 Å². The van der Waals surface area contributed by atoms with E-state index in [1.807, 2.05) is 6.07 Å². The summed E-state index contributed by atoms with van der Waals surface area (Å²) < 4.78 is 35.8.